The minimum absolute atomic E-state index is 0.170. The molecule has 5 nitrogen and oxygen atoms in total. The molecule has 5 aromatic rings. The van der Waals surface area contributed by atoms with Gasteiger partial charge in [0.2, 0.25) is 0 Å². The molecule has 1 N–H and O–H groups in total. The Bertz CT molecular complexity index is 1250. The van der Waals surface area contributed by atoms with Crippen LogP contribution in [0.2, 0.25) is 0 Å². The van der Waals surface area contributed by atoms with Gasteiger partial charge in [0, 0.05) is 17.8 Å². The van der Waals surface area contributed by atoms with Crippen LogP contribution in [0.5, 0.6) is 0 Å². The molecule has 25 heavy (non-hydrogen) atoms. The predicted octanol–water partition coefficient (Wildman–Crippen LogP) is 3.97. The van der Waals surface area contributed by atoms with Gasteiger partial charge in [0.1, 0.15) is 11.3 Å². The van der Waals surface area contributed by atoms with Crippen LogP contribution in [-0.4, -0.2) is 19.6 Å². The van der Waals surface area contributed by atoms with Gasteiger partial charge in [0.25, 0.3) is 5.56 Å². The summed E-state index contributed by atoms with van der Waals surface area (Å²) in [5.74, 6) is 0. The summed E-state index contributed by atoms with van der Waals surface area (Å²) in [7, 11) is 0. The molecule has 5 rings (SSSR count). The van der Waals surface area contributed by atoms with Crippen molar-refractivity contribution in [1.29, 1.82) is 0 Å². The van der Waals surface area contributed by atoms with Gasteiger partial charge in [-0.3, -0.25) is 4.79 Å². The minimum atomic E-state index is -0.170. The molecule has 0 aliphatic carbocycles. The van der Waals surface area contributed by atoms with Crippen LogP contribution >= 0.6 is 11.3 Å². The van der Waals surface area contributed by atoms with E-state index in [2.05, 4.69) is 15.2 Å². The van der Waals surface area contributed by atoms with Crippen molar-refractivity contribution in [2.75, 3.05) is 0 Å². The second-order valence-corrected chi connectivity index (χ2v) is 6.79. The van der Waals surface area contributed by atoms with Crippen LogP contribution in [0.3, 0.4) is 0 Å². The Balaban J connectivity index is 1.66. The van der Waals surface area contributed by atoms with Gasteiger partial charge in [-0.25, -0.2) is 10.1 Å². The topological polar surface area (TPSA) is 63.0 Å². The van der Waals surface area contributed by atoms with Gasteiger partial charge in [-0.15, -0.1) is 11.3 Å². The number of nitrogens with zero attached hydrogens (tertiary/aromatic N) is 3. The Kier molecular flexibility index (Phi) is 3.05. The fourth-order valence-corrected chi connectivity index (χ4v) is 3.92. The first-order chi connectivity index (χ1) is 12.3. The zero-order chi connectivity index (χ0) is 16.8. The van der Waals surface area contributed by atoms with E-state index in [1.165, 1.54) is 0 Å². The molecular formula is C19H12N4OS. The Morgan fingerprint density at radius 1 is 0.920 bits per heavy atom. The van der Waals surface area contributed by atoms with Crippen molar-refractivity contribution in [3.05, 3.63) is 77.3 Å². The number of nitrogens with one attached hydrogen (secondary N) is 1. The molecule has 4 aromatic heterocycles. The van der Waals surface area contributed by atoms with Crippen LogP contribution in [0.1, 0.15) is 0 Å². The number of H-pyrrole nitrogens is 1. The number of imidazole rings is 1. The molecular weight excluding hydrogens is 332 g/mol. The number of hydrogen-bond donors (Lipinski definition) is 1. The number of aromatic amines is 1. The lowest BCUT2D eigenvalue weighted by molar-refractivity contribution is 1.02. The van der Waals surface area contributed by atoms with E-state index in [-0.39, 0.29) is 5.56 Å². The van der Waals surface area contributed by atoms with Crippen molar-refractivity contribution in [1.82, 2.24) is 19.6 Å². The number of aromatic nitrogens is 4. The molecule has 0 atom stereocenters. The maximum atomic E-state index is 12.0. The van der Waals surface area contributed by atoms with Crippen LogP contribution in [0.4, 0.5) is 0 Å². The second-order valence-electron chi connectivity index (χ2n) is 5.70. The fraction of sp³-hybridized carbons (Fsp3) is 0. The van der Waals surface area contributed by atoms with Gasteiger partial charge in [0.15, 0.2) is 0 Å². The normalized spacial score (nSPS) is 11.4. The summed E-state index contributed by atoms with van der Waals surface area (Å²) in [6.45, 7) is 0. The van der Waals surface area contributed by atoms with Gasteiger partial charge in [-0.2, -0.15) is 5.10 Å². The molecule has 0 saturated heterocycles. The van der Waals surface area contributed by atoms with Gasteiger partial charge in [-0.1, -0.05) is 24.3 Å². The molecule has 0 radical (unpaired) electrons. The van der Waals surface area contributed by atoms with E-state index in [1.807, 2.05) is 71.4 Å². The number of rotatable bonds is 2. The van der Waals surface area contributed by atoms with Crippen LogP contribution in [-0.2, 0) is 0 Å². The average molecular weight is 344 g/mol. The van der Waals surface area contributed by atoms with Gasteiger partial charge in [0.05, 0.1) is 20.8 Å². The SMILES string of the molecule is O=c1[nH]nc(-c2ccc(-c3cn4ccccc4n3)s2)c2ccccc12. The van der Waals surface area contributed by atoms with E-state index in [1.54, 1.807) is 11.3 Å². The zero-order valence-corrected chi connectivity index (χ0v) is 13.8. The first-order valence-corrected chi connectivity index (χ1v) is 8.63. The molecule has 0 aliphatic heterocycles. The third-order valence-electron chi connectivity index (χ3n) is 4.15. The summed E-state index contributed by atoms with van der Waals surface area (Å²) in [5.41, 5.74) is 2.46. The smallest absolute Gasteiger partial charge is 0.272 e. The third kappa shape index (κ3) is 2.27. The molecule has 120 valence electrons. The standard InChI is InChI=1S/C19H12N4OS/c24-19-13-6-2-1-5-12(13)18(21-22-19)16-9-8-15(25-16)14-11-23-10-4-3-7-17(23)20-14/h1-11H,(H,22,24). The summed E-state index contributed by atoms with van der Waals surface area (Å²) < 4.78 is 2.00. The monoisotopic (exact) mass is 344 g/mol. The molecule has 1 aromatic carbocycles. The lowest BCUT2D eigenvalue weighted by Crippen LogP contribution is -2.08. The van der Waals surface area contributed by atoms with Crippen molar-refractivity contribution in [3.63, 3.8) is 0 Å². The highest BCUT2D eigenvalue weighted by Crippen LogP contribution is 2.35. The van der Waals surface area contributed by atoms with Crippen molar-refractivity contribution in [2.45, 2.75) is 0 Å². The van der Waals surface area contributed by atoms with Crippen molar-refractivity contribution < 1.29 is 0 Å². The second kappa shape index (κ2) is 5.39. The van der Waals surface area contributed by atoms with Crippen LogP contribution < -0.4 is 5.56 Å². The quantitative estimate of drug-likeness (QED) is 0.527. The summed E-state index contributed by atoms with van der Waals surface area (Å²) in [5, 5.41) is 8.37. The van der Waals surface area contributed by atoms with Gasteiger partial charge >= 0.3 is 0 Å². The van der Waals surface area contributed by atoms with Crippen molar-refractivity contribution >= 4 is 27.8 Å². The Labute approximate surface area is 146 Å². The highest BCUT2D eigenvalue weighted by Gasteiger charge is 2.13. The largest absolute Gasteiger partial charge is 0.306 e. The molecule has 6 heteroatoms. The summed E-state index contributed by atoms with van der Waals surface area (Å²) in [4.78, 5) is 18.7. The number of pyridine rings is 1. The molecule has 0 bridgehead atoms. The number of benzene rings is 1. The molecule has 0 saturated carbocycles. The van der Waals surface area contributed by atoms with Gasteiger partial charge < -0.3 is 4.40 Å². The van der Waals surface area contributed by atoms with E-state index < -0.39 is 0 Å². The first kappa shape index (κ1) is 14.1. The summed E-state index contributed by atoms with van der Waals surface area (Å²) >= 11 is 1.61. The maximum Gasteiger partial charge on any atom is 0.272 e. The first-order valence-electron chi connectivity index (χ1n) is 7.81. The molecule has 4 heterocycles. The van der Waals surface area contributed by atoms with Crippen molar-refractivity contribution in [3.8, 4) is 21.1 Å². The Morgan fingerprint density at radius 2 is 1.72 bits per heavy atom. The zero-order valence-electron chi connectivity index (χ0n) is 13.0. The molecule has 0 unspecified atom stereocenters. The molecule has 0 fully saturated rings. The Hall–Kier alpha value is -3.25. The van der Waals surface area contributed by atoms with E-state index in [0.29, 0.717) is 5.39 Å². The highest BCUT2D eigenvalue weighted by molar-refractivity contribution is 7.18. The van der Waals surface area contributed by atoms with Crippen LogP contribution in [0, 0.1) is 0 Å². The highest BCUT2D eigenvalue weighted by atomic mass is 32.1. The fourth-order valence-electron chi connectivity index (χ4n) is 2.96. The predicted molar refractivity (Wildman–Crippen MR) is 99.9 cm³/mol. The number of hydrogen-bond acceptors (Lipinski definition) is 4. The lowest BCUT2D eigenvalue weighted by atomic mass is 10.1. The number of thiophene rings is 1. The van der Waals surface area contributed by atoms with Gasteiger partial charge in [-0.05, 0) is 30.3 Å². The van der Waals surface area contributed by atoms with E-state index in [9.17, 15) is 4.79 Å². The number of fused-ring (bicyclic) bond motifs is 2. The van der Waals surface area contributed by atoms with Crippen molar-refractivity contribution in [2.24, 2.45) is 0 Å². The lowest BCUT2D eigenvalue weighted by Gasteiger charge is -2.01. The van der Waals surface area contributed by atoms with E-state index >= 15 is 0 Å². The molecule has 0 aliphatic rings. The third-order valence-corrected chi connectivity index (χ3v) is 5.27. The molecule has 0 amide bonds. The van der Waals surface area contributed by atoms with E-state index in [4.69, 9.17) is 0 Å². The van der Waals surface area contributed by atoms with Crippen LogP contribution in [0.25, 0.3) is 37.6 Å². The maximum absolute atomic E-state index is 12.0. The average Bonchev–Trinajstić information content (AvgIpc) is 3.29. The summed E-state index contributed by atoms with van der Waals surface area (Å²) in [6, 6.07) is 17.5. The molecule has 0 spiro atoms. The van der Waals surface area contributed by atoms with Crippen LogP contribution in [0.15, 0.2) is 71.8 Å². The summed E-state index contributed by atoms with van der Waals surface area (Å²) in [6.07, 6.45) is 4.00. The Morgan fingerprint density at radius 3 is 2.60 bits per heavy atom. The van der Waals surface area contributed by atoms with E-state index in [0.717, 1.165) is 32.2 Å². The minimum Gasteiger partial charge on any atom is -0.306 e.